The van der Waals surface area contributed by atoms with E-state index < -0.39 is 4.92 Å². The predicted octanol–water partition coefficient (Wildman–Crippen LogP) is 3.29. The van der Waals surface area contributed by atoms with Gasteiger partial charge in [0.1, 0.15) is 5.75 Å². The van der Waals surface area contributed by atoms with Gasteiger partial charge in [0, 0.05) is 15.9 Å². The van der Waals surface area contributed by atoms with Gasteiger partial charge in [0.05, 0.1) is 12.0 Å². The molecule has 0 radical (unpaired) electrons. The van der Waals surface area contributed by atoms with Crippen LogP contribution in [0.15, 0.2) is 50.8 Å². The van der Waals surface area contributed by atoms with Gasteiger partial charge in [-0.2, -0.15) is 0 Å². The van der Waals surface area contributed by atoms with Crippen LogP contribution in [0, 0.1) is 10.1 Å². The molecule has 0 aliphatic heterocycles. The molecule has 0 aliphatic rings. The summed E-state index contributed by atoms with van der Waals surface area (Å²) in [7, 11) is 1.60. The summed E-state index contributed by atoms with van der Waals surface area (Å²) in [6, 6.07) is 10.5. The minimum absolute atomic E-state index is 0.120. The molecule has 0 atom stereocenters. The molecular formula is C13H9N3O4S. The van der Waals surface area contributed by atoms with Crippen molar-refractivity contribution in [3.63, 3.8) is 0 Å². The lowest BCUT2D eigenvalue weighted by molar-refractivity contribution is -0.383. The molecule has 3 aromatic rings. The maximum Gasteiger partial charge on any atom is 0.300 e. The Hall–Kier alpha value is -2.61. The van der Waals surface area contributed by atoms with Gasteiger partial charge in [-0.1, -0.05) is 11.8 Å². The molecule has 0 amide bonds. The Morgan fingerprint density at radius 2 is 1.86 bits per heavy atom. The second kappa shape index (κ2) is 5.41. The van der Waals surface area contributed by atoms with E-state index in [-0.39, 0.29) is 11.2 Å². The highest BCUT2D eigenvalue weighted by atomic mass is 32.2. The lowest BCUT2D eigenvalue weighted by atomic mass is 10.3. The Balaban J connectivity index is 1.99. The van der Waals surface area contributed by atoms with Crippen molar-refractivity contribution in [1.82, 2.24) is 10.3 Å². The van der Waals surface area contributed by atoms with E-state index >= 15 is 0 Å². The van der Waals surface area contributed by atoms with Crippen LogP contribution in [0.25, 0.3) is 11.0 Å². The third-order valence-corrected chi connectivity index (χ3v) is 3.90. The molecule has 0 aliphatic carbocycles. The first-order valence-corrected chi connectivity index (χ1v) is 6.72. The van der Waals surface area contributed by atoms with Crippen molar-refractivity contribution in [2.24, 2.45) is 0 Å². The van der Waals surface area contributed by atoms with E-state index in [1.165, 1.54) is 17.8 Å². The van der Waals surface area contributed by atoms with Gasteiger partial charge < -0.3 is 4.74 Å². The number of methoxy groups -OCH3 is 1. The standard InChI is InChI=1S/C13H9N3O4S/c1-19-8-2-4-9(5-3-8)21-11-7-6-10(16(17)18)12-13(11)15-20-14-12/h2-7H,1H3. The molecule has 0 N–H and O–H groups in total. The molecule has 7 nitrogen and oxygen atoms in total. The first-order valence-electron chi connectivity index (χ1n) is 5.90. The van der Waals surface area contributed by atoms with Crippen LogP contribution in [0.3, 0.4) is 0 Å². The third kappa shape index (κ3) is 2.52. The molecule has 0 unspecified atom stereocenters. The average molecular weight is 303 g/mol. The predicted molar refractivity (Wildman–Crippen MR) is 75.6 cm³/mol. The minimum atomic E-state index is -0.506. The molecule has 0 spiro atoms. The lowest BCUT2D eigenvalue weighted by Crippen LogP contribution is -1.90. The average Bonchev–Trinajstić information content (AvgIpc) is 2.98. The van der Waals surface area contributed by atoms with E-state index in [0.29, 0.717) is 5.52 Å². The highest BCUT2D eigenvalue weighted by Gasteiger charge is 2.19. The van der Waals surface area contributed by atoms with Crippen LogP contribution in [0.5, 0.6) is 5.75 Å². The highest BCUT2D eigenvalue weighted by molar-refractivity contribution is 7.99. The molecule has 1 aromatic heterocycles. The topological polar surface area (TPSA) is 91.3 Å². The van der Waals surface area contributed by atoms with Crippen molar-refractivity contribution >= 4 is 28.5 Å². The molecule has 21 heavy (non-hydrogen) atoms. The third-order valence-electron chi connectivity index (χ3n) is 2.84. The molecule has 0 fully saturated rings. The first-order chi connectivity index (χ1) is 10.2. The molecule has 2 aromatic carbocycles. The Bertz CT molecular complexity index is 801. The fourth-order valence-corrected chi connectivity index (χ4v) is 2.72. The summed E-state index contributed by atoms with van der Waals surface area (Å²) in [6.45, 7) is 0. The van der Waals surface area contributed by atoms with Gasteiger partial charge in [-0.15, -0.1) is 0 Å². The number of fused-ring (bicyclic) bond motifs is 1. The number of hydrogen-bond acceptors (Lipinski definition) is 7. The number of aromatic nitrogens is 2. The fraction of sp³-hybridized carbons (Fsp3) is 0.0769. The molecule has 0 bridgehead atoms. The SMILES string of the molecule is COc1ccc(Sc2ccc([N+](=O)[O-])c3nonc23)cc1. The summed E-state index contributed by atoms with van der Waals surface area (Å²) in [5.74, 6) is 0.760. The summed E-state index contributed by atoms with van der Waals surface area (Å²) >= 11 is 1.42. The zero-order valence-electron chi connectivity index (χ0n) is 10.8. The molecular weight excluding hydrogens is 294 g/mol. The number of nitro benzene ring substituents is 1. The number of hydrogen-bond donors (Lipinski definition) is 0. The molecule has 0 saturated carbocycles. The van der Waals surface area contributed by atoms with Gasteiger partial charge in [0.15, 0.2) is 5.52 Å². The molecule has 1 heterocycles. The van der Waals surface area contributed by atoms with Crippen LogP contribution in [0.4, 0.5) is 5.69 Å². The Morgan fingerprint density at radius 3 is 2.52 bits per heavy atom. The second-order valence-electron chi connectivity index (χ2n) is 4.08. The molecule has 106 valence electrons. The van der Waals surface area contributed by atoms with Crippen molar-refractivity contribution in [3.05, 3.63) is 46.5 Å². The lowest BCUT2D eigenvalue weighted by Gasteiger charge is -2.03. The monoisotopic (exact) mass is 303 g/mol. The van der Waals surface area contributed by atoms with E-state index in [2.05, 4.69) is 14.9 Å². The molecule has 3 rings (SSSR count). The maximum absolute atomic E-state index is 10.9. The molecule has 8 heteroatoms. The largest absolute Gasteiger partial charge is 0.497 e. The maximum atomic E-state index is 10.9. The van der Waals surface area contributed by atoms with Gasteiger partial charge >= 0.3 is 5.69 Å². The van der Waals surface area contributed by atoms with Crippen LogP contribution in [0.1, 0.15) is 0 Å². The first kappa shape index (κ1) is 13.4. The Morgan fingerprint density at radius 1 is 1.14 bits per heavy atom. The van der Waals surface area contributed by atoms with Crippen molar-refractivity contribution in [2.75, 3.05) is 7.11 Å². The van der Waals surface area contributed by atoms with Crippen LogP contribution < -0.4 is 4.74 Å². The molecule has 0 saturated heterocycles. The quantitative estimate of drug-likeness (QED) is 0.539. The number of benzene rings is 2. The van der Waals surface area contributed by atoms with Gasteiger partial charge in [-0.05, 0) is 40.6 Å². The van der Waals surface area contributed by atoms with Gasteiger partial charge in [0.25, 0.3) is 0 Å². The normalized spacial score (nSPS) is 10.7. The van der Waals surface area contributed by atoms with E-state index in [0.717, 1.165) is 15.5 Å². The van der Waals surface area contributed by atoms with Gasteiger partial charge in [-0.3, -0.25) is 10.1 Å². The number of rotatable bonds is 4. The van der Waals surface area contributed by atoms with Crippen molar-refractivity contribution in [3.8, 4) is 5.75 Å². The van der Waals surface area contributed by atoms with Crippen molar-refractivity contribution in [1.29, 1.82) is 0 Å². The van der Waals surface area contributed by atoms with Crippen LogP contribution >= 0.6 is 11.8 Å². The van der Waals surface area contributed by atoms with Crippen LogP contribution in [0.2, 0.25) is 0 Å². The van der Waals surface area contributed by atoms with Crippen LogP contribution in [-0.4, -0.2) is 22.3 Å². The Labute approximate surface area is 123 Å². The van der Waals surface area contributed by atoms with Crippen molar-refractivity contribution < 1.29 is 14.3 Å². The summed E-state index contributed by atoms with van der Waals surface area (Å²) in [4.78, 5) is 12.1. The fourth-order valence-electron chi connectivity index (χ4n) is 1.83. The van der Waals surface area contributed by atoms with Gasteiger partial charge in [0.2, 0.25) is 5.52 Å². The Kier molecular flexibility index (Phi) is 3.44. The van der Waals surface area contributed by atoms with Gasteiger partial charge in [-0.25, -0.2) is 4.63 Å². The summed E-state index contributed by atoms with van der Waals surface area (Å²) in [5, 5.41) is 18.3. The second-order valence-corrected chi connectivity index (χ2v) is 5.19. The number of ether oxygens (including phenoxy) is 1. The zero-order chi connectivity index (χ0) is 14.8. The number of nitrogens with zero attached hydrogens (tertiary/aromatic N) is 3. The highest BCUT2D eigenvalue weighted by Crippen LogP contribution is 2.36. The van der Waals surface area contributed by atoms with Crippen molar-refractivity contribution in [2.45, 2.75) is 9.79 Å². The summed E-state index contributed by atoms with van der Waals surface area (Å²) < 4.78 is 9.73. The van der Waals surface area contributed by atoms with Crippen LogP contribution in [-0.2, 0) is 0 Å². The number of non-ortho nitro benzene ring substituents is 1. The van der Waals surface area contributed by atoms with E-state index in [1.807, 2.05) is 24.3 Å². The van der Waals surface area contributed by atoms with E-state index in [4.69, 9.17) is 4.74 Å². The number of nitro groups is 1. The summed E-state index contributed by atoms with van der Waals surface area (Å²) in [5.41, 5.74) is 0.411. The smallest absolute Gasteiger partial charge is 0.300 e. The summed E-state index contributed by atoms with van der Waals surface area (Å²) in [6.07, 6.45) is 0. The van der Waals surface area contributed by atoms with E-state index in [9.17, 15) is 10.1 Å². The zero-order valence-corrected chi connectivity index (χ0v) is 11.7. The minimum Gasteiger partial charge on any atom is -0.497 e. The van der Waals surface area contributed by atoms with E-state index in [1.54, 1.807) is 13.2 Å².